The van der Waals surface area contributed by atoms with Crippen LogP contribution in [0.2, 0.25) is 0 Å². The summed E-state index contributed by atoms with van der Waals surface area (Å²) in [6.07, 6.45) is 0. The van der Waals surface area contributed by atoms with E-state index in [1.165, 1.54) is 5.69 Å². The van der Waals surface area contributed by atoms with Crippen LogP contribution in [-0.4, -0.2) is 24.8 Å². The van der Waals surface area contributed by atoms with Gasteiger partial charge in [-0.3, -0.25) is 0 Å². The lowest BCUT2D eigenvalue weighted by atomic mass is 10.00. The third-order valence-corrected chi connectivity index (χ3v) is 3.26. The first-order valence-corrected chi connectivity index (χ1v) is 5.42. The van der Waals surface area contributed by atoms with Crippen LogP contribution in [-0.2, 0) is 0 Å². The molecule has 0 amide bonds. The average Bonchev–Trinajstić information content (AvgIpc) is 2.61. The topological polar surface area (TPSA) is 49.5 Å². The number of rotatable bonds is 2. The van der Waals surface area contributed by atoms with Crippen LogP contribution < -0.4 is 10.6 Å². The molecule has 3 heteroatoms. The predicted octanol–water partition coefficient (Wildman–Crippen LogP) is 1.33. The SMILES string of the molecule is CC1CN(c2ccc(N)cc2)CC1CO. The zero-order valence-electron chi connectivity index (χ0n) is 9.06. The van der Waals surface area contributed by atoms with Crippen LogP contribution in [0.5, 0.6) is 0 Å². The molecule has 1 aliphatic rings. The molecule has 0 aliphatic carbocycles. The van der Waals surface area contributed by atoms with Crippen molar-refractivity contribution in [3.63, 3.8) is 0 Å². The van der Waals surface area contributed by atoms with E-state index in [0.717, 1.165) is 18.8 Å². The van der Waals surface area contributed by atoms with Crippen LogP contribution in [0.25, 0.3) is 0 Å². The van der Waals surface area contributed by atoms with Crippen LogP contribution in [0.3, 0.4) is 0 Å². The molecule has 0 spiro atoms. The third-order valence-electron chi connectivity index (χ3n) is 3.26. The van der Waals surface area contributed by atoms with Gasteiger partial charge in [-0.25, -0.2) is 0 Å². The quantitative estimate of drug-likeness (QED) is 0.718. The van der Waals surface area contributed by atoms with E-state index in [9.17, 15) is 5.11 Å². The zero-order chi connectivity index (χ0) is 10.8. The summed E-state index contributed by atoms with van der Waals surface area (Å²) < 4.78 is 0. The molecule has 0 radical (unpaired) electrons. The van der Waals surface area contributed by atoms with Crippen LogP contribution in [0.15, 0.2) is 24.3 Å². The Bertz CT molecular complexity index is 323. The van der Waals surface area contributed by atoms with E-state index in [1.54, 1.807) is 0 Å². The van der Waals surface area contributed by atoms with Crippen molar-refractivity contribution in [2.75, 3.05) is 30.3 Å². The Hall–Kier alpha value is -1.22. The molecule has 1 fully saturated rings. The lowest BCUT2D eigenvalue weighted by Crippen LogP contribution is -2.20. The molecule has 0 saturated carbocycles. The monoisotopic (exact) mass is 206 g/mol. The van der Waals surface area contributed by atoms with Gasteiger partial charge in [0.05, 0.1) is 0 Å². The first-order chi connectivity index (χ1) is 7.20. The Kier molecular flexibility index (Phi) is 2.82. The molecule has 3 nitrogen and oxygen atoms in total. The number of hydrogen-bond donors (Lipinski definition) is 2. The second-order valence-corrected chi connectivity index (χ2v) is 4.42. The van der Waals surface area contributed by atoms with Crippen molar-refractivity contribution >= 4 is 11.4 Å². The fourth-order valence-corrected chi connectivity index (χ4v) is 2.17. The van der Waals surface area contributed by atoms with E-state index in [0.29, 0.717) is 11.8 Å². The lowest BCUT2D eigenvalue weighted by molar-refractivity contribution is 0.212. The van der Waals surface area contributed by atoms with E-state index in [-0.39, 0.29) is 6.61 Å². The maximum absolute atomic E-state index is 9.20. The second-order valence-electron chi connectivity index (χ2n) is 4.42. The van der Waals surface area contributed by atoms with Gasteiger partial charge in [0.1, 0.15) is 0 Å². The van der Waals surface area contributed by atoms with Crippen LogP contribution in [0.1, 0.15) is 6.92 Å². The molecule has 1 aliphatic heterocycles. The van der Waals surface area contributed by atoms with Crippen molar-refractivity contribution in [1.29, 1.82) is 0 Å². The maximum atomic E-state index is 9.20. The highest BCUT2D eigenvalue weighted by atomic mass is 16.3. The average molecular weight is 206 g/mol. The van der Waals surface area contributed by atoms with Gasteiger partial charge in [0.15, 0.2) is 0 Å². The molecule has 1 aromatic carbocycles. The summed E-state index contributed by atoms with van der Waals surface area (Å²) in [6, 6.07) is 7.93. The molecule has 1 heterocycles. The van der Waals surface area contributed by atoms with Crippen molar-refractivity contribution in [2.24, 2.45) is 11.8 Å². The third kappa shape index (κ3) is 2.07. The van der Waals surface area contributed by atoms with Crippen molar-refractivity contribution in [2.45, 2.75) is 6.92 Å². The number of nitrogens with zero attached hydrogens (tertiary/aromatic N) is 1. The summed E-state index contributed by atoms with van der Waals surface area (Å²) in [7, 11) is 0. The van der Waals surface area contributed by atoms with Gasteiger partial charge in [0, 0.05) is 37.0 Å². The Morgan fingerprint density at radius 1 is 1.33 bits per heavy atom. The van der Waals surface area contributed by atoms with E-state index < -0.39 is 0 Å². The molecule has 2 unspecified atom stereocenters. The van der Waals surface area contributed by atoms with E-state index >= 15 is 0 Å². The van der Waals surface area contributed by atoms with E-state index in [2.05, 4.69) is 11.8 Å². The molecule has 2 atom stereocenters. The van der Waals surface area contributed by atoms with E-state index in [1.807, 2.05) is 24.3 Å². The standard InChI is InChI=1S/C12H18N2O/c1-9-6-14(7-10(9)8-15)12-4-2-11(13)3-5-12/h2-5,9-10,15H,6-8,13H2,1H3. The number of benzene rings is 1. The molecule has 3 N–H and O–H groups in total. The Morgan fingerprint density at radius 3 is 2.53 bits per heavy atom. The predicted molar refractivity (Wildman–Crippen MR) is 62.8 cm³/mol. The normalized spacial score (nSPS) is 25.9. The van der Waals surface area contributed by atoms with E-state index in [4.69, 9.17) is 5.73 Å². The number of aliphatic hydroxyl groups is 1. The molecule has 1 saturated heterocycles. The fraction of sp³-hybridized carbons (Fsp3) is 0.500. The highest BCUT2D eigenvalue weighted by Gasteiger charge is 2.28. The smallest absolute Gasteiger partial charge is 0.0479 e. The first kappa shape index (κ1) is 10.3. The Labute approximate surface area is 90.5 Å². The lowest BCUT2D eigenvalue weighted by Gasteiger charge is -2.18. The van der Waals surface area contributed by atoms with Crippen molar-refractivity contribution in [3.05, 3.63) is 24.3 Å². The molecular formula is C12H18N2O. The van der Waals surface area contributed by atoms with Crippen LogP contribution in [0, 0.1) is 11.8 Å². The van der Waals surface area contributed by atoms with Crippen molar-refractivity contribution < 1.29 is 5.11 Å². The summed E-state index contributed by atoms with van der Waals surface area (Å²) in [5, 5.41) is 9.20. The van der Waals surface area contributed by atoms with Gasteiger partial charge >= 0.3 is 0 Å². The molecule has 2 rings (SSSR count). The minimum Gasteiger partial charge on any atom is -0.399 e. The molecule has 0 bridgehead atoms. The highest BCUT2D eigenvalue weighted by Crippen LogP contribution is 2.28. The fourth-order valence-electron chi connectivity index (χ4n) is 2.17. The number of aliphatic hydroxyl groups excluding tert-OH is 1. The second kappa shape index (κ2) is 4.11. The summed E-state index contributed by atoms with van der Waals surface area (Å²) in [6.45, 7) is 4.45. The first-order valence-electron chi connectivity index (χ1n) is 5.42. The van der Waals surface area contributed by atoms with Crippen molar-refractivity contribution in [3.8, 4) is 0 Å². The number of nitrogen functional groups attached to an aromatic ring is 1. The van der Waals surface area contributed by atoms with Crippen molar-refractivity contribution in [1.82, 2.24) is 0 Å². The van der Waals surface area contributed by atoms with Gasteiger partial charge in [0.2, 0.25) is 0 Å². The highest BCUT2D eigenvalue weighted by molar-refractivity contribution is 5.53. The summed E-state index contributed by atoms with van der Waals surface area (Å²) >= 11 is 0. The molecule has 0 aromatic heterocycles. The summed E-state index contributed by atoms with van der Waals surface area (Å²) in [4.78, 5) is 2.31. The minimum atomic E-state index is 0.284. The Morgan fingerprint density at radius 2 is 2.00 bits per heavy atom. The Balaban J connectivity index is 2.10. The number of anilines is 2. The number of hydrogen-bond acceptors (Lipinski definition) is 3. The van der Waals surface area contributed by atoms with Gasteiger partial charge in [-0.15, -0.1) is 0 Å². The van der Waals surface area contributed by atoms with Crippen LogP contribution in [0.4, 0.5) is 11.4 Å². The number of nitrogens with two attached hydrogens (primary N) is 1. The molecule has 82 valence electrons. The summed E-state index contributed by atoms with van der Waals surface area (Å²) in [5.41, 5.74) is 7.64. The zero-order valence-corrected chi connectivity index (χ0v) is 9.06. The molecular weight excluding hydrogens is 188 g/mol. The molecule has 15 heavy (non-hydrogen) atoms. The van der Waals surface area contributed by atoms with Crippen LogP contribution >= 0.6 is 0 Å². The minimum absolute atomic E-state index is 0.284. The van der Waals surface area contributed by atoms with Gasteiger partial charge in [-0.05, 0) is 30.2 Å². The maximum Gasteiger partial charge on any atom is 0.0479 e. The van der Waals surface area contributed by atoms with Gasteiger partial charge in [0.25, 0.3) is 0 Å². The van der Waals surface area contributed by atoms with Gasteiger partial charge in [-0.1, -0.05) is 6.92 Å². The van der Waals surface area contributed by atoms with Gasteiger partial charge < -0.3 is 15.7 Å². The molecule has 1 aromatic rings. The summed E-state index contributed by atoms with van der Waals surface area (Å²) in [5.74, 6) is 0.968. The largest absolute Gasteiger partial charge is 0.399 e. The van der Waals surface area contributed by atoms with Gasteiger partial charge in [-0.2, -0.15) is 0 Å².